The largest absolute Gasteiger partial charge is 0.412 e. The predicted molar refractivity (Wildman–Crippen MR) is 30.0 cm³/mol. The van der Waals surface area contributed by atoms with Gasteiger partial charge in [0.25, 0.3) is 0 Å². The molecule has 0 saturated carbocycles. The number of ether oxygens (including phenoxy) is 1. The van der Waals surface area contributed by atoms with Crippen molar-refractivity contribution < 1.29 is 9.53 Å². The van der Waals surface area contributed by atoms with Gasteiger partial charge in [-0.05, 0) is 0 Å². The third-order valence-electron chi connectivity index (χ3n) is 0.662. The summed E-state index contributed by atoms with van der Waals surface area (Å²) in [6.07, 6.45) is 1.46. The zero-order chi connectivity index (χ0) is 7.40. The highest BCUT2D eigenvalue weighted by atomic mass is 16.6. The van der Waals surface area contributed by atoms with Crippen molar-refractivity contribution in [3.63, 3.8) is 0 Å². The van der Waals surface area contributed by atoms with Crippen LogP contribution >= 0.6 is 0 Å². The summed E-state index contributed by atoms with van der Waals surface area (Å²) in [5, 5.41) is 0. The van der Waals surface area contributed by atoms with E-state index >= 15 is 0 Å². The average Bonchev–Trinajstić information content (AvgIpc) is 1.88. The van der Waals surface area contributed by atoms with Gasteiger partial charge >= 0.3 is 12.1 Å². The van der Waals surface area contributed by atoms with Gasteiger partial charge in [-0.2, -0.15) is 9.97 Å². The van der Waals surface area contributed by atoms with Crippen molar-refractivity contribution in [2.45, 2.75) is 0 Å². The van der Waals surface area contributed by atoms with E-state index in [0.717, 1.165) is 0 Å². The maximum atomic E-state index is 10.1. The Hall–Kier alpha value is -1.72. The number of nitrogens with two attached hydrogens (primary N) is 1. The van der Waals surface area contributed by atoms with E-state index in [1.807, 2.05) is 0 Å². The number of carbonyl (C=O) groups excluding carboxylic acids is 1. The van der Waals surface area contributed by atoms with Crippen LogP contribution in [0.1, 0.15) is 0 Å². The van der Waals surface area contributed by atoms with Crippen molar-refractivity contribution in [2.75, 3.05) is 0 Å². The van der Waals surface area contributed by atoms with Crippen LogP contribution in [0, 0.1) is 0 Å². The van der Waals surface area contributed by atoms with Crippen molar-refractivity contribution in [1.29, 1.82) is 0 Å². The molecule has 0 spiro atoms. The number of nitrogens with zero attached hydrogens (tertiary/aromatic N) is 3. The van der Waals surface area contributed by atoms with Gasteiger partial charge in [0.2, 0.25) is 0 Å². The fraction of sp³-hybridized carbons (Fsp3) is 0. The first-order valence-corrected chi connectivity index (χ1v) is 2.38. The van der Waals surface area contributed by atoms with E-state index < -0.39 is 6.09 Å². The van der Waals surface area contributed by atoms with Gasteiger partial charge in [0.1, 0.15) is 12.7 Å². The van der Waals surface area contributed by atoms with Crippen molar-refractivity contribution in [3.8, 4) is 6.01 Å². The summed E-state index contributed by atoms with van der Waals surface area (Å²) in [5.74, 6) is 0. The molecule has 0 fully saturated rings. The zero-order valence-electron chi connectivity index (χ0n) is 4.89. The molecule has 0 aromatic carbocycles. The average molecular weight is 140 g/mol. The van der Waals surface area contributed by atoms with Crippen LogP contribution in [0.5, 0.6) is 6.01 Å². The molecule has 0 aliphatic rings. The van der Waals surface area contributed by atoms with E-state index in [9.17, 15) is 4.79 Å². The summed E-state index contributed by atoms with van der Waals surface area (Å²) in [7, 11) is 0. The van der Waals surface area contributed by atoms with Crippen LogP contribution in [0.3, 0.4) is 0 Å². The molecule has 0 aliphatic heterocycles. The van der Waals surface area contributed by atoms with Gasteiger partial charge in [-0.3, -0.25) is 0 Å². The first-order valence-electron chi connectivity index (χ1n) is 2.38. The maximum Gasteiger partial charge on any atom is 0.412 e. The van der Waals surface area contributed by atoms with E-state index in [-0.39, 0.29) is 6.01 Å². The quantitative estimate of drug-likeness (QED) is 0.558. The molecular weight excluding hydrogens is 136 g/mol. The van der Waals surface area contributed by atoms with Crippen LogP contribution in [-0.2, 0) is 0 Å². The number of amides is 1. The second-order valence-electron chi connectivity index (χ2n) is 1.34. The Balaban J connectivity index is 2.67. The molecule has 0 aliphatic carbocycles. The molecule has 52 valence electrons. The second kappa shape index (κ2) is 2.72. The lowest BCUT2D eigenvalue weighted by atomic mass is 11.0. The van der Waals surface area contributed by atoms with Crippen LogP contribution < -0.4 is 10.5 Å². The first kappa shape index (κ1) is 6.40. The summed E-state index contributed by atoms with van der Waals surface area (Å²) < 4.78 is 4.29. The first-order chi connectivity index (χ1) is 4.79. The normalized spacial score (nSPS) is 8.80. The van der Waals surface area contributed by atoms with Gasteiger partial charge in [-0.25, -0.2) is 9.78 Å². The Morgan fingerprint density at radius 1 is 1.50 bits per heavy atom. The van der Waals surface area contributed by atoms with E-state index in [4.69, 9.17) is 0 Å². The molecule has 0 bridgehead atoms. The number of primary amides is 1. The Kier molecular flexibility index (Phi) is 1.74. The number of aromatic nitrogens is 3. The molecule has 1 aromatic heterocycles. The van der Waals surface area contributed by atoms with Gasteiger partial charge < -0.3 is 10.5 Å². The molecule has 1 rings (SSSR count). The van der Waals surface area contributed by atoms with Crippen LogP contribution in [-0.4, -0.2) is 21.0 Å². The lowest BCUT2D eigenvalue weighted by Gasteiger charge is -1.93. The number of hydrogen-bond acceptors (Lipinski definition) is 5. The Morgan fingerprint density at radius 3 is 2.60 bits per heavy atom. The summed E-state index contributed by atoms with van der Waals surface area (Å²) in [4.78, 5) is 20.5. The third kappa shape index (κ3) is 1.66. The molecule has 1 heterocycles. The fourth-order valence-electron chi connectivity index (χ4n) is 0.371. The second-order valence-corrected chi connectivity index (χ2v) is 1.34. The van der Waals surface area contributed by atoms with E-state index in [0.29, 0.717) is 0 Å². The van der Waals surface area contributed by atoms with E-state index in [1.165, 1.54) is 12.7 Å². The molecule has 6 heteroatoms. The minimum absolute atomic E-state index is 0.0949. The molecular formula is C4H4N4O2. The topological polar surface area (TPSA) is 91.0 Å². The molecule has 0 unspecified atom stereocenters. The van der Waals surface area contributed by atoms with Gasteiger partial charge in [0, 0.05) is 0 Å². The highest BCUT2D eigenvalue weighted by molar-refractivity contribution is 5.66. The predicted octanol–water partition coefficient (Wildman–Crippen LogP) is -0.671. The zero-order valence-corrected chi connectivity index (χ0v) is 4.89. The van der Waals surface area contributed by atoms with Crippen LogP contribution in [0.25, 0.3) is 0 Å². The summed E-state index contributed by atoms with van der Waals surface area (Å²) >= 11 is 0. The Morgan fingerprint density at radius 2 is 2.10 bits per heavy atom. The molecule has 10 heavy (non-hydrogen) atoms. The standard InChI is InChI=1S/C4H4N4O2/c5-3(9)10-4-7-1-6-2-8-4/h1-2H,(H2,5,9). The van der Waals surface area contributed by atoms with E-state index in [1.54, 1.807) is 0 Å². The van der Waals surface area contributed by atoms with Crippen LogP contribution in [0.15, 0.2) is 12.7 Å². The van der Waals surface area contributed by atoms with E-state index in [2.05, 4.69) is 25.4 Å². The van der Waals surface area contributed by atoms with Gasteiger partial charge in [-0.1, -0.05) is 0 Å². The Bertz CT molecular complexity index is 224. The fourth-order valence-corrected chi connectivity index (χ4v) is 0.371. The number of hydrogen-bond donors (Lipinski definition) is 1. The maximum absolute atomic E-state index is 10.1. The molecule has 6 nitrogen and oxygen atoms in total. The SMILES string of the molecule is NC(=O)Oc1ncncn1. The molecule has 2 N–H and O–H groups in total. The minimum Gasteiger partial charge on any atom is -0.374 e. The molecule has 0 saturated heterocycles. The smallest absolute Gasteiger partial charge is 0.374 e. The number of carbonyl (C=O) groups is 1. The summed E-state index contributed by atoms with van der Waals surface area (Å²) in [6, 6.07) is -0.0949. The summed E-state index contributed by atoms with van der Waals surface area (Å²) in [5.41, 5.74) is 4.66. The lowest BCUT2D eigenvalue weighted by Crippen LogP contribution is -2.17. The lowest BCUT2D eigenvalue weighted by molar-refractivity contribution is 0.206. The monoisotopic (exact) mass is 140 g/mol. The molecule has 1 amide bonds. The minimum atomic E-state index is -0.939. The van der Waals surface area contributed by atoms with Crippen LogP contribution in [0.4, 0.5) is 4.79 Å². The van der Waals surface area contributed by atoms with Crippen molar-refractivity contribution in [2.24, 2.45) is 5.73 Å². The van der Waals surface area contributed by atoms with Crippen molar-refractivity contribution in [3.05, 3.63) is 12.7 Å². The Labute approximate surface area is 56.1 Å². The summed E-state index contributed by atoms with van der Waals surface area (Å²) in [6.45, 7) is 0. The molecule has 0 atom stereocenters. The highest BCUT2D eigenvalue weighted by Crippen LogP contribution is 1.93. The molecule has 0 radical (unpaired) electrons. The van der Waals surface area contributed by atoms with Crippen LogP contribution in [0.2, 0.25) is 0 Å². The molecule has 1 aromatic rings. The third-order valence-corrected chi connectivity index (χ3v) is 0.662. The van der Waals surface area contributed by atoms with Crippen molar-refractivity contribution >= 4 is 6.09 Å². The van der Waals surface area contributed by atoms with Gasteiger partial charge in [0.05, 0.1) is 0 Å². The van der Waals surface area contributed by atoms with Crippen molar-refractivity contribution in [1.82, 2.24) is 15.0 Å². The highest BCUT2D eigenvalue weighted by Gasteiger charge is 1.97. The van der Waals surface area contributed by atoms with Gasteiger partial charge in [0.15, 0.2) is 0 Å². The van der Waals surface area contributed by atoms with Gasteiger partial charge in [-0.15, -0.1) is 0 Å². The number of rotatable bonds is 1.